The van der Waals surface area contributed by atoms with Crippen LogP contribution in [0.3, 0.4) is 0 Å². The molecule has 0 aliphatic carbocycles. The molecule has 1 saturated heterocycles. The van der Waals surface area contributed by atoms with Crippen molar-refractivity contribution in [2.24, 2.45) is 0 Å². The third kappa shape index (κ3) is 5.13. The number of carbonyl (C=O) groups is 2. The molecule has 0 unspecified atom stereocenters. The first kappa shape index (κ1) is 21.5. The number of thioether (sulfide) groups is 1. The Morgan fingerprint density at radius 3 is 2.23 bits per heavy atom. The lowest BCUT2D eigenvalue weighted by atomic mass is 10.2. The van der Waals surface area contributed by atoms with Gasteiger partial charge in [-0.3, -0.25) is 14.5 Å². The topological polar surface area (TPSA) is 46.6 Å². The molecule has 0 bridgehead atoms. The van der Waals surface area contributed by atoms with Crippen LogP contribution in [0.1, 0.15) is 16.7 Å². The van der Waals surface area contributed by atoms with Crippen LogP contribution in [0, 0.1) is 0 Å². The highest BCUT2D eigenvalue weighted by Gasteiger charge is 2.35. The molecular weight excluding hydrogens is 453 g/mol. The average Bonchev–Trinajstić information content (AvgIpc) is 3.03. The minimum absolute atomic E-state index is 0.0345. The number of hydrogen-bond acceptors (Lipinski definition) is 4. The van der Waals surface area contributed by atoms with Crippen molar-refractivity contribution in [3.63, 3.8) is 0 Å². The summed E-state index contributed by atoms with van der Waals surface area (Å²) in [5.41, 5.74) is 2.43. The quantitative estimate of drug-likeness (QED) is 0.372. The number of carbonyl (C=O) groups excluding carboxylic acids is 2. The van der Waals surface area contributed by atoms with Gasteiger partial charge < -0.3 is 4.74 Å². The van der Waals surface area contributed by atoms with Crippen LogP contribution in [0.5, 0.6) is 5.75 Å². The molecule has 0 radical (unpaired) electrons. The fourth-order valence-electron chi connectivity index (χ4n) is 3.03. The Balaban J connectivity index is 1.44. The molecular formula is C24H17Cl2NO3S. The van der Waals surface area contributed by atoms with Crippen LogP contribution in [-0.4, -0.2) is 16.0 Å². The van der Waals surface area contributed by atoms with E-state index >= 15 is 0 Å². The molecule has 2 amide bonds. The van der Waals surface area contributed by atoms with Crippen LogP contribution in [0.25, 0.3) is 6.08 Å². The molecule has 1 fully saturated rings. The maximum atomic E-state index is 12.8. The molecule has 1 aliphatic rings. The largest absolute Gasteiger partial charge is 0.489 e. The lowest BCUT2D eigenvalue weighted by Gasteiger charge is -2.14. The number of nitrogens with zero attached hydrogens (tertiary/aromatic N) is 1. The summed E-state index contributed by atoms with van der Waals surface area (Å²) in [6.45, 7) is 0.510. The predicted molar refractivity (Wildman–Crippen MR) is 125 cm³/mol. The number of halogens is 2. The van der Waals surface area contributed by atoms with Crippen LogP contribution in [0.2, 0.25) is 10.0 Å². The molecule has 0 aromatic heterocycles. The zero-order chi connectivity index (χ0) is 21.8. The molecule has 156 valence electrons. The average molecular weight is 470 g/mol. The summed E-state index contributed by atoms with van der Waals surface area (Å²) in [6, 6.07) is 22.3. The Bertz CT molecular complexity index is 1130. The molecule has 0 saturated carbocycles. The minimum atomic E-state index is -0.365. The van der Waals surface area contributed by atoms with Crippen LogP contribution in [0.4, 0.5) is 4.79 Å². The first-order valence-electron chi connectivity index (χ1n) is 9.46. The highest BCUT2D eigenvalue weighted by Crippen LogP contribution is 2.35. The van der Waals surface area contributed by atoms with Gasteiger partial charge in [-0.1, -0.05) is 71.7 Å². The van der Waals surface area contributed by atoms with Crippen molar-refractivity contribution in [1.29, 1.82) is 0 Å². The normalized spacial score (nSPS) is 15.0. The number of imide groups is 1. The van der Waals surface area contributed by atoms with Gasteiger partial charge in [-0.2, -0.15) is 0 Å². The van der Waals surface area contributed by atoms with E-state index in [1.165, 1.54) is 0 Å². The van der Waals surface area contributed by atoms with Gasteiger partial charge in [0.1, 0.15) is 12.4 Å². The first-order valence-corrected chi connectivity index (χ1v) is 11.0. The number of amides is 2. The smallest absolute Gasteiger partial charge is 0.293 e. The van der Waals surface area contributed by atoms with Gasteiger partial charge in [0.2, 0.25) is 0 Å². The summed E-state index contributed by atoms with van der Waals surface area (Å²) in [5.74, 6) is 0.359. The highest BCUT2D eigenvalue weighted by molar-refractivity contribution is 8.18. The zero-order valence-corrected chi connectivity index (χ0v) is 18.6. The molecule has 3 aromatic carbocycles. The van der Waals surface area contributed by atoms with E-state index in [0.717, 1.165) is 33.5 Å². The monoisotopic (exact) mass is 469 g/mol. The third-order valence-corrected chi connectivity index (χ3v) is 6.29. The zero-order valence-electron chi connectivity index (χ0n) is 16.3. The molecule has 3 aromatic rings. The molecule has 1 aliphatic heterocycles. The SMILES string of the molecule is O=C1S/C(=C\c2ccc(OCc3ccccc3)cc2)C(=O)N1Cc1c(Cl)cccc1Cl. The molecule has 31 heavy (non-hydrogen) atoms. The Morgan fingerprint density at radius 1 is 0.871 bits per heavy atom. The van der Waals surface area contributed by atoms with Gasteiger partial charge in [-0.05, 0) is 53.2 Å². The number of rotatable bonds is 6. The Hall–Kier alpha value is -2.73. The van der Waals surface area contributed by atoms with E-state index in [9.17, 15) is 9.59 Å². The molecule has 7 heteroatoms. The van der Waals surface area contributed by atoms with Crippen LogP contribution < -0.4 is 4.74 Å². The van der Waals surface area contributed by atoms with Gasteiger partial charge in [0.25, 0.3) is 11.1 Å². The minimum Gasteiger partial charge on any atom is -0.489 e. The number of hydrogen-bond donors (Lipinski definition) is 0. The highest BCUT2D eigenvalue weighted by atomic mass is 35.5. The Kier molecular flexibility index (Phi) is 6.66. The first-order chi connectivity index (χ1) is 15.0. The second-order valence-corrected chi connectivity index (χ2v) is 8.62. The molecule has 1 heterocycles. The van der Waals surface area contributed by atoms with Crippen LogP contribution >= 0.6 is 35.0 Å². The molecule has 0 atom stereocenters. The van der Waals surface area contributed by atoms with E-state index in [-0.39, 0.29) is 17.7 Å². The number of benzene rings is 3. The lowest BCUT2D eigenvalue weighted by molar-refractivity contribution is -0.123. The summed E-state index contributed by atoms with van der Waals surface area (Å²) in [6.07, 6.45) is 1.69. The van der Waals surface area contributed by atoms with Crippen LogP contribution in [-0.2, 0) is 17.9 Å². The fraction of sp³-hybridized carbons (Fsp3) is 0.0833. The van der Waals surface area contributed by atoms with E-state index in [1.54, 1.807) is 24.3 Å². The van der Waals surface area contributed by atoms with Gasteiger partial charge >= 0.3 is 0 Å². The van der Waals surface area contributed by atoms with Gasteiger partial charge in [0, 0.05) is 15.6 Å². The summed E-state index contributed by atoms with van der Waals surface area (Å²) >= 11 is 13.3. The van der Waals surface area contributed by atoms with Crippen LogP contribution in [0.15, 0.2) is 77.7 Å². The summed E-state index contributed by atoms with van der Waals surface area (Å²) < 4.78 is 5.78. The third-order valence-electron chi connectivity index (χ3n) is 4.68. The maximum absolute atomic E-state index is 12.8. The fourth-order valence-corrected chi connectivity index (χ4v) is 4.39. The van der Waals surface area contributed by atoms with Crippen molar-refractivity contribution in [2.45, 2.75) is 13.2 Å². The van der Waals surface area contributed by atoms with Crippen molar-refractivity contribution >= 4 is 52.2 Å². The van der Waals surface area contributed by atoms with Gasteiger partial charge in [0.05, 0.1) is 11.4 Å². The lowest BCUT2D eigenvalue weighted by Crippen LogP contribution is -2.27. The summed E-state index contributed by atoms with van der Waals surface area (Å²) in [7, 11) is 0. The van der Waals surface area contributed by atoms with Crippen molar-refractivity contribution in [2.75, 3.05) is 0 Å². The Labute approximate surface area is 194 Å². The molecule has 4 rings (SSSR count). The Morgan fingerprint density at radius 2 is 1.55 bits per heavy atom. The predicted octanol–water partition coefficient (Wildman–Crippen LogP) is 6.81. The standard InChI is InChI=1S/C24H17Cl2NO3S/c25-20-7-4-8-21(26)19(20)14-27-23(28)22(31-24(27)29)13-16-9-11-18(12-10-16)30-15-17-5-2-1-3-6-17/h1-13H,14-15H2/b22-13-. The summed E-state index contributed by atoms with van der Waals surface area (Å²) in [4.78, 5) is 26.7. The van der Waals surface area contributed by atoms with Gasteiger partial charge in [0.15, 0.2) is 0 Å². The second kappa shape index (κ2) is 9.60. The molecule has 0 spiro atoms. The van der Waals surface area contributed by atoms with Gasteiger partial charge in [-0.15, -0.1) is 0 Å². The van der Waals surface area contributed by atoms with E-state index in [4.69, 9.17) is 27.9 Å². The number of ether oxygens (including phenoxy) is 1. The molecule has 0 N–H and O–H groups in total. The second-order valence-electron chi connectivity index (χ2n) is 6.81. The van der Waals surface area contributed by atoms with Crippen molar-refractivity contribution < 1.29 is 14.3 Å². The van der Waals surface area contributed by atoms with E-state index < -0.39 is 0 Å². The van der Waals surface area contributed by atoms with Crippen molar-refractivity contribution in [3.8, 4) is 5.75 Å². The van der Waals surface area contributed by atoms with E-state index in [1.807, 2.05) is 54.6 Å². The van der Waals surface area contributed by atoms with Crippen molar-refractivity contribution in [3.05, 3.63) is 104 Å². The van der Waals surface area contributed by atoms with Crippen molar-refractivity contribution in [1.82, 2.24) is 4.90 Å². The molecule has 4 nitrogen and oxygen atoms in total. The maximum Gasteiger partial charge on any atom is 0.293 e. The van der Waals surface area contributed by atoms with E-state index in [0.29, 0.717) is 27.1 Å². The van der Waals surface area contributed by atoms with Gasteiger partial charge in [-0.25, -0.2) is 0 Å². The summed E-state index contributed by atoms with van der Waals surface area (Å²) in [5, 5.41) is 0.485. The van der Waals surface area contributed by atoms with E-state index in [2.05, 4.69) is 0 Å².